The van der Waals surface area contributed by atoms with Crippen LogP contribution in [0.1, 0.15) is 44.9 Å². The maximum atomic E-state index is 9.08. The molecule has 0 bridgehead atoms. The zero-order valence-corrected chi connectivity index (χ0v) is 10.7. The van der Waals surface area contributed by atoms with Crippen LogP contribution in [0.4, 0.5) is 0 Å². The quantitative estimate of drug-likeness (QED) is 0.782. The molecule has 0 aliphatic carbocycles. The molecule has 0 aromatic carbocycles. The largest absolute Gasteiger partial charge is 0.237 e. The lowest BCUT2D eigenvalue weighted by Crippen LogP contribution is -2.20. The standard InChI is InChI=1S/C13H19N3/c1-9(2)6-11-7-10(3)15-12(16-11)13(4,5)8-14/h7,9H,6H2,1-5H3. The normalized spacial score (nSPS) is 11.6. The molecule has 1 rings (SSSR count). The van der Waals surface area contributed by atoms with Gasteiger partial charge in [0.2, 0.25) is 0 Å². The predicted octanol–water partition coefficient (Wildman–Crippen LogP) is 2.78. The van der Waals surface area contributed by atoms with Crippen LogP contribution in [-0.4, -0.2) is 9.97 Å². The average Bonchev–Trinajstić information content (AvgIpc) is 2.15. The second kappa shape index (κ2) is 4.61. The van der Waals surface area contributed by atoms with E-state index in [4.69, 9.17) is 5.26 Å². The Morgan fingerprint density at radius 3 is 2.50 bits per heavy atom. The number of rotatable bonds is 3. The summed E-state index contributed by atoms with van der Waals surface area (Å²) in [7, 11) is 0. The summed E-state index contributed by atoms with van der Waals surface area (Å²) < 4.78 is 0. The Hall–Kier alpha value is -1.43. The van der Waals surface area contributed by atoms with Crippen molar-refractivity contribution in [1.29, 1.82) is 5.26 Å². The molecule has 86 valence electrons. The van der Waals surface area contributed by atoms with Gasteiger partial charge in [-0.1, -0.05) is 13.8 Å². The Bertz CT molecular complexity index is 414. The van der Waals surface area contributed by atoms with Crippen molar-refractivity contribution in [3.8, 4) is 6.07 Å². The Morgan fingerprint density at radius 1 is 1.38 bits per heavy atom. The van der Waals surface area contributed by atoms with Crippen molar-refractivity contribution in [3.05, 3.63) is 23.3 Å². The van der Waals surface area contributed by atoms with Gasteiger partial charge in [0.25, 0.3) is 0 Å². The minimum absolute atomic E-state index is 0.562. The first kappa shape index (κ1) is 12.6. The van der Waals surface area contributed by atoms with Gasteiger partial charge in [-0.3, -0.25) is 0 Å². The summed E-state index contributed by atoms with van der Waals surface area (Å²) in [6.07, 6.45) is 0.928. The van der Waals surface area contributed by atoms with Crippen molar-refractivity contribution in [3.63, 3.8) is 0 Å². The molecule has 1 heterocycles. The molecule has 0 radical (unpaired) electrons. The first-order valence-corrected chi connectivity index (χ1v) is 5.61. The number of nitriles is 1. The molecule has 0 amide bonds. The lowest BCUT2D eigenvalue weighted by Gasteiger charge is -2.15. The molecule has 1 aromatic rings. The first-order chi connectivity index (χ1) is 7.35. The van der Waals surface area contributed by atoms with E-state index in [0.717, 1.165) is 17.8 Å². The van der Waals surface area contributed by atoms with E-state index in [-0.39, 0.29) is 0 Å². The smallest absolute Gasteiger partial charge is 0.148 e. The summed E-state index contributed by atoms with van der Waals surface area (Å²) in [6, 6.07) is 4.24. The Kier molecular flexibility index (Phi) is 3.64. The van der Waals surface area contributed by atoms with Crippen LogP contribution in [0, 0.1) is 24.2 Å². The molecule has 1 aromatic heterocycles. The summed E-state index contributed by atoms with van der Waals surface area (Å²) in [5.41, 5.74) is 1.35. The van der Waals surface area contributed by atoms with Gasteiger partial charge in [0.1, 0.15) is 11.2 Å². The van der Waals surface area contributed by atoms with Crippen LogP contribution in [0.3, 0.4) is 0 Å². The third kappa shape index (κ3) is 3.03. The van der Waals surface area contributed by atoms with Crippen LogP contribution < -0.4 is 0 Å². The second-order valence-electron chi connectivity index (χ2n) is 5.16. The van der Waals surface area contributed by atoms with E-state index in [1.54, 1.807) is 0 Å². The van der Waals surface area contributed by atoms with Gasteiger partial charge < -0.3 is 0 Å². The van der Waals surface area contributed by atoms with Crippen molar-refractivity contribution in [2.75, 3.05) is 0 Å². The molecule has 3 heteroatoms. The molecule has 0 N–H and O–H groups in total. The van der Waals surface area contributed by atoms with Crippen molar-refractivity contribution >= 4 is 0 Å². The van der Waals surface area contributed by atoms with Gasteiger partial charge in [-0.05, 0) is 39.2 Å². The summed E-state index contributed by atoms with van der Waals surface area (Å²) in [5.74, 6) is 1.19. The number of hydrogen-bond donors (Lipinski definition) is 0. The van der Waals surface area contributed by atoms with Crippen molar-refractivity contribution in [2.45, 2.75) is 46.5 Å². The third-order valence-electron chi connectivity index (χ3n) is 2.36. The molecule has 0 unspecified atom stereocenters. The molecular formula is C13H19N3. The van der Waals surface area contributed by atoms with E-state index in [0.29, 0.717) is 11.7 Å². The van der Waals surface area contributed by atoms with Crippen molar-refractivity contribution in [1.82, 2.24) is 9.97 Å². The number of aryl methyl sites for hydroxylation is 1. The molecule has 0 atom stereocenters. The number of nitrogens with zero attached hydrogens (tertiary/aromatic N) is 3. The topological polar surface area (TPSA) is 49.6 Å². The van der Waals surface area contributed by atoms with E-state index >= 15 is 0 Å². The van der Waals surface area contributed by atoms with Gasteiger partial charge in [-0.2, -0.15) is 5.26 Å². The predicted molar refractivity (Wildman–Crippen MR) is 64.0 cm³/mol. The van der Waals surface area contributed by atoms with Gasteiger partial charge in [-0.15, -0.1) is 0 Å². The fourth-order valence-electron chi connectivity index (χ4n) is 1.49. The fraction of sp³-hybridized carbons (Fsp3) is 0.615. The molecule has 0 aliphatic rings. The van der Waals surface area contributed by atoms with Crippen molar-refractivity contribution < 1.29 is 0 Å². The average molecular weight is 217 g/mol. The highest BCUT2D eigenvalue weighted by Gasteiger charge is 2.24. The van der Waals surface area contributed by atoms with Gasteiger partial charge in [-0.25, -0.2) is 9.97 Å². The van der Waals surface area contributed by atoms with E-state index in [1.807, 2.05) is 26.8 Å². The maximum absolute atomic E-state index is 9.08. The summed E-state index contributed by atoms with van der Waals surface area (Å²) in [5, 5.41) is 9.08. The molecule has 0 aliphatic heterocycles. The number of hydrogen-bond acceptors (Lipinski definition) is 3. The summed E-state index contributed by atoms with van der Waals surface area (Å²) >= 11 is 0. The molecule has 0 saturated heterocycles. The zero-order valence-electron chi connectivity index (χ0n) is 10.7. The Morgan fingerprint density at radius 2 is 2.00 bits per heavy atom. The molecular weight excluding hydrogens is 198 g/mol. The van der Waals surface area contributed by atoms with Crippen LogP contribution >= 0.6 is 0 Å². The molecule has 3 nitrogen and oxygen atoms in total. The van der Waals surface area contributed by atoms with E-state index < -0.39 is 5.41 Å². The minimum Gasteiger partial charge on any atom is -0.237 e. The van der Waals surface area contributed by atoms with E-state index in [9.17, 15) is 0 Å². The highest BCUT2D eigenvalue weighted by atomic mass is 14.9. The molecule has 0 spiro atoms. The first-order valence-electron chi connectivity index (χ1n) is 5.61. The highest BCUT2D eigenvalue weighted by Crippen LogP contribution is 2.19. The minimum atomic E-state index is -0.613. The van der Waals surface area contributed by atoms with Crippen LogP contribution in [0.2, 0.25) is 0 Å². The van der Waals surface area contributed by atoms with Crippen LogP contribution in [0.25, 0.3) is 0 Å². The van der Waals surface area contributed by atoms with Gasteiger partial charge in [0.05, 0.1) is 6.07 Å². The third-order valence-corrected chi connectivity index (χ3v) is 2.36. The summed E-state index contributed by atoms with van der Waals surface area (Å²) in [6.45, 7) is 9.96. The van der Waals surface area contributed by atoms with Gasteiger partial charge in [0.15, 0.2) is 0 Å². The molecule has 0 fully saturated rings. The highest BCUT2D eigenvalue weighted by molar-refractivity contribution is 5.21. The van der Waals surface area contributed by atoms with Crippen LogP contribution in [0.5, 0.6) is 0 Å². The second-order valence-corrected chi connectivity index (χ2v) is 5.16. The molecule has 0 saturated carbocycles. The zero-order chi connectivity index (χ0) is 12.3. The fourth-order valence-corrected chi connectivity index (χ4v) is 1.49. The SMILES string of the molecule is Cc1cc(CC(C)C)nc(C(C)(C)C#N)n1. The maximum Gasteiger partial charge on any atom is 0.148 e. The van der Waals surface area contributed by atoms with Crippen molar-refractivity contribution in [2.24, 2.45) is 5.92 Å². The Balaban J connectivity index is 3.14. The molecule has 16 heavy (non-hydrogen) atoms. The lowest BCUT2D eigenvalue weighted by molar-refractivity contribution is 0.593. The lowest BCUT2D eigenvalue weighted by atomic mass is 9.94. The number of aromatic nitrogens is 2. The summed E-state index contributed by atoms with van der Waals surface area (Å²) in [4.78, 5) is 8.83. The van der Waals surface area contributed by atoms with Crippen LogP contribution in [-0.2, 0) is 11.8 Å². The van der Waals surface area contributed by atoms with E-state index in [1.165, 1.54) is 0 Å². The van der Waals surface area contributed by atoms with E-state index in [2.05, 4.69) is 29.9 Å². The van der Waals surface area contributed by atoms with Crippen LogP contribution in [0.15, 0.2) is 6.07 Å². The Labute approximate surface area is 97.5 Å². The van der Waals surface area contributed by atoms with Gasteiger partial charge >= 0.3 is 0 Å². The monoisotopic (exact) mass is 217 g/mol. The van der Waals surface area contributed by atoms with Gasteiger partial charge in [0, 0.05) is 11.4 Å².